The van der Waals surface area contributed by atoms with E-state index in [0.29, 0.717) is 13.1 Å². The molecular weight excluding hydrogens is 418 g/mol. The summed E-state index contributed by atoms with van der Waals surface area (Å²) >= 11 is 1.52. The van der Waals surface area contributed by atoms with Gasteiger partial charge in [-0.15, -0.1) is 10.2 Å². The van der Waals surface area contributed by atoms with Gasteiger partial charge in [0, 0.05) is 6.54 Å². The Kier molecular flexibility index (Phi) is 7.96. The summed E-state index contributed by atoms with van der Waals surface area (Å²) in [6.07, 6.45) is 3.22. The zero-order chi connectivity index (χ0) is 22.2. The molecule has 0 radical (unpaired) electrons. The predicted octanol–water partition coefficient (Wildman–Crippen LogP) is 4.11. The number of amides is 1. The van der Waals surface area contributed by atoms with Gasteiger partial charge in [-0.2, -0.15) is 0 Å². The van der Waals surface area contributed by atoms with Crippen molar-refractivity contribution in [2.45, 2.75) is 56.2 Å². The van der Waals surface area contributed by atoms with Crippen molar-refractivity contribution < 1.29 is 4.79 Å². The van der Waals surface area contributed by atoms with Crippen LogP contribution in [-0.4, -0.2) is 43.9 Å². The molecule has 1 aliphatic rings. The molecule has 1 unspecified atom stereocenters. The molecule has 0 bridgehead atoms. The van der Waals surface area contributed by atoms with Crippen molar-refractivity contribution in [2.24, 2.45) is 0 Å². The normalized spacial score (nSPS) is 15.0. The van der Waals surface area contributed by atoms with Crippen LogP contribution in [-0.2, 0) is 24.4 Å². The third kappa shape index (κ3) is 5.99. The van der Waals surface area contributed by atoms with E-state index in [4.69, 9.17) is 0 Å². The maximum absolute atomic E-state index is 12.9. The Morgan fingerprint density at radius 2 is 1.62 bits per heavy atom. The van der Waals surface area contributed by atoms with Gasteiger partial charge in [0.1, 0.15) is 5.82 Å². The van der Waals surface area contributed by atoms with Crippen molar-refractivity contribution in [3.05, 3.63) is 77.6 Å². The third-order valence-corrected chi connectivity index (χ3v) is 7.11. The lowest BCUT2D eigenvalue weighted by Crippen LogP contribution is -2.32. The maximum atomic E-state index is 12.9. The van der Waals surface area contributed by atoms with Gasteiger partial charge in [0.05, 0.1) is 18.3 Å². The highest BCUT2D eigenvalue weighted by molar-refractivity contribution is 8.00. The Balaban J connectivity index is 1.48. The summed E-state index contributed by atoms with van der Waals surface area (Å²) in [7, 11) is 0. The van der Waals surface area contributed by atoms with Crippen LogP contribution in [0.25, 0.3) is 0 Å². The van der Waals surface area contributed by atoms with Crippen LogP contribution in [0.3, 0.4) is 0 Å². The smallest absolute Gasteiger partial charge is 0.233 e. The van der Waals surface area contributed by atoms with Gasteiger partial charge in [-0.05, 0) is 43.5 Å². The van der Waals surface area contributed by atoms with Crippen LogP contribution in [0.15, 0.2) is 65.8 Å². The van der Waals surface area contributed by atoms with Crippen molar-refractivity contribution in [1.29, 1.82) is 0 Å². The van der Waals surface area contributed by atoms with E-state index in [9.17, 15) is 4.79 Å². The molecule has 32 heavy (non-hydrogen) atoms. The molecule has 0 spiro atoms. The topological polar surface area (TPSA) is 63.1 Å². The molecule has 1 aliphatic heterocycles. The van der Waals surface area contributed by atoms with Gasteiger partial charge in [0.25, 0.3) is 0 Å². The maximum Gasteiger partial charge on any atom is 0.233 e. The standard InChI is InChI=1S/C25H31N5OS/c1-2-22(24(31)26-17-20-11-5-3-6-12-20)32-25-28-27-23(19-29-15-9-10-16-29)30(25)18-21-13-7-4-8-14-21/h3-8,11-14,22H,2,9-10,15-19H2,1H3,(H,26,31). The average Bonchev–Trinajstić information content (AvgIpc) is 3.48. The van der Waals surface area contributed by atoms with Crippen molar-refractivity contribution in [1.82, 2.24) is 25.0 Å². The molecule has 2 aromatic carbocycles. The summed E-state index contributed by atoms with van der Waals surface area (Å²) in [5.74, 6) is 1.01. The van der Waals surface area contributed by atoms with E-state index in [-0.39, 0.29) is 11.2 Å². The number of benzene rings is 2. The van der Waals surface area contributed by atoms with Gasteiger partial charge >= 0.3 is 0 Å². The number of hydrogen-bond acceptors (Lipinski definition) is 5. The van der Waals surface area contributed by atoms with Crippen molar-refractivity contribution in [2.75, 3.05) is 13.1 Å². The molecule has 1 amide bonds. The lowest BCUT2D eigenvalue weighted by molar-refractivity contribution is -0.120. The molecule has 0 aliphatic carbocycles. The predicted molar refractivity (Wildman–Crippen MR) is 128 cm³/mol. The third-order valence-electron chi connectivity index (χ3n) is 5.76. The second kappa shape index (κ2) is 11.3. The second-order valence-electron chi connectivity index (χ2n) is 8.17. The van der Waals surface area contributed by atoms with Crippen molar-refractivity contribution in [3.8, 4) is 0 Å². The van der Waals surface area contributed by atoms with E-state index < -0.39 is 0 Å². The molecule has 3 aromatic rings. The number of hydrogen-bond donors (Lipinski definition) is 1. The van der Waals surface area contributed by atoms with Crippen LogP contribution in [0.2, 0.25) is 0 Å². The fraction of sp³-hybridized carbons (Fsp3) is 0.400. The molecule has 4 rings (SSSR count). The van der Waals surface area contributed by atoms with Gasteiger partial charge in [-0.25, -0.2) is 0 Å². The van der Waals surface area contributed by atoms with Crippen LogP contribution >= 0.6 is 11.8 Å². The van der Waals surface area contributed by atoms with Gasteiger partial charge in [-0.1, -0.05) is 79.3 Å². The van der Waals surface area contributed by atoms with Gasteiger partial charge in [-0.3, -0.25) is 9.69 Å². The molecule has 1 saturated heterocycles. The molecule has 1 atom stereocenters. The molecule has 0 saturated carbocycles. The summed E-state index contributed by atoms with van der Waals surface area (Å²) in [6, 6.07) is 20.4. The van der Waals surface area contributed by atoms with E-state index >= 15 is 0 Å². The van der Waals surface area contributed by atoms with Crippen LogP contribution in [0.5, 0.6) is 0 Å². The lowest BCUT2D eigenvalue weighted by Gasteiger charge is -2.18. The average molecular weight is 450 g/mol. The first kappa shape index (κ1) is 22.6. The van der Waals surface area contributed by atoms with E-state index in [0.717, 1.165) is 42.6 Å². The summed E-state index contributed by atoms with van der Waals surface area (Å²) in [5, 5.41) is 12.7. The second-order valence-corrected chi connectivity index (χ2v) is 9.34. The van der Waals surface area contributed by atoms with Crippen LogP contribution in [0, 0.1) is 0 Å². The largest absolute Gasteiger partial charge is 0.351 e. The molecule has 168 valence electrons. The van der Waals surface area contributed by atoms with E-state index in [1.165, 1.54) is 30.2 Å². The number of thioether (sulfide) groups is 1. The zero-order valence-electron chi connectivity index (χ0n) is 18.6. The summed E-state index contributed by atoms with van der Waals surface area (Å²) in [6.45, 7) is 6.32. The number of rotatable bonds is 10. The fourth-order valence-electron chi connectivity index (χ4n) is 3.94. The SMILES string of the molecule is CCC(Sc1nnc(CN2CCCC2)n1Cc1ccccc1)C(=O)NCc1ccccc1. The van der Waals surface area contributed by atoms with Crippen LogP contribution in [0.4, 0.5) is 0 Å². The quantitative estimate of drug-likeness (QED) is 0.472. The molecule has 7 heteroatoms. The highest BCUT2D eigenvalue weighted by atomic mass is 32.2. The highest BCUT2D eigenvalue weighted by Gasteiger charge is 2.24. The Morgan fingerprint density at radius 3 is 2.28 bits per heavy atom. The molecule has 1 N–H and O–H groups in total. The summed E-state index contributed by atoms with van der Waals surface area (Å²) in [4.78, 5) is 15.3. The monoisotopic (exact) mass is 449 g/mol. The van der Waals surface area contributed by atoms with Gasteiger partial charge in [0.15, 0.2) is 5.16 Å². The van der Waals surface area contributed by atoms with E-state index in [1.807, 2.05) is 43.3 Å². The Bertz CT molecular complexity index is 986. The number of nitrogens with zero attached hydrogens (tertiary/aromatic N) is 4. The Hall–Kier alpha value is -2.64. The first-order valence-electron chi connectivity index (χ1n) is 11.4. The minimum atomic E-state index is -0.211. The molecule has 1 fully saturated rings. The van der Waals surface area contributed by atoms with Crippen molar-refractivity contribution >= 4 is 17.7 Å². The highest BCUT2D eigenvalue weighted by Crippen LogP contribution is 2.26. The van der Waals surface area contributed by atoms with Gasteiger partial charge in [0.2, 0.25) is 5.91 Å². The molecular formula is C25H31N5OS. The zero-order valence-corrected chi connectivity index (χ0v) is 19.4. The first-order valence-corrected chi connectivity index (χ1v) is 12.3. The van der Waals surface area contributed by atoms with Gasteiger partial charge < -0.3 is 9.88 Å². The Labute approximate surface area is 194 Å². The van der Waals surface area contributed by atoms with Crippen molar-refractivity contribution in [3.63, 3.8) is 0 Å². The fourth-order valence-corrected chi connectivity index (χ4v) is 4.93. The minimum Gasteiger partial charge on any atom is -0.351 e. The lowest BCUT2D eigenvalue weighted by atomic mass is 10.2. The number of nitrogens with one attached hydrogen (secondary N) is 1. The van der Waals surface area contributed by atoms with Crippen LogP contribution in [0.1, 0.15) is 43.1 Å². The first-order chi connectivity index (χ1) is 15.7. The number of carbonyl (C=O) groups is 1. The summed E-state index contributed by atoms with van der Waals surface area (Å²) < 4.78 is 2.19. The minimum absolute atomic E-state index is 0.0386. The summed E-state index contributed by atoms with van der Waals surface area (Å²) in [5.41, 5.74) is 2.30. The van der Waals surface area contributed by atoms with Crippen LogP contribution < -0.4 is 5.32 Å². The number of aromatic nitrogens is 3. The molecule has 2 heterocycles. The van der Waals surface area contributed by atoms with E-state index in [2.05, 4.69) is 49.2 Å². The molecule has 1 aromatic heterocycles. The van der Waals surface area contributed by atoms with E-state index in [1.54, 1.807) is 0 Å². The number of likely N-dealkylation sites (tertiary alicyclic amines) is 1. The molecule has 6 nitrogen and oxygen atoms in total. The Morgan fingerprint density at radius 1 is 0.969 bits per heavy atom. The number of carbonyl (C=O) groups excluding carboxylic acids is 1.